The number of carbonyl (C=O) groups is 4. The van der Waals surface area contributed by atoms with Gasteiger partial charge in [0.1, 0.15) is 6.04 Å². The van der Waals surface area contributed by atoms with E-state index in [1.807, 2.05) is 88.4 Å². The number of carbonyl (C=O) groups excluding carboxylic acids is 4. The highest BCUT2D eigenvalue weighted by molar-refractivity contribution is 7.92. The predicted octanol–water partition coefficient (Wildman–Crippen LogP) is 3.56. The first kappa shape index (κ1) is 40.7. The number of amides is 4. The van der Waals surface area contributed by atoms with Crippen LogP contribution in [0.25, 0.3) is 0 Å². The summed E-state index contributed by atoms with van der Waals surface area (Å²) in [4.78, 5) is 53.1. The Kier molecular flexibility index (Phi) is 15.2. The zero-order chi connectivity index (χ0) is 37.7. The minimum atomic E-state index is -3.72. The lowest BCUT2D eigenvalue weighted by atomic mass is 10.0. The number of sulfonamides is 1. The van der Waals surface area contributed by atoms with E-state index in [0.29, 0.717) is 13.0 Å². The molecule has 0 aliphatic carbocycles. The molecule has 0 heterocycles. The van der Waals surface area contributed by atoms with Crippen LogP contribution in [0, 0.1) is 5.92 Å². The zero-order valence-corrected chi connectivity index (χ0v) is 31.3. The summed E-state index contributed by atoms with van der Waals surface area (Å²) in [6.45, 7) is 11.2. The summed E-state index contributed by atoms with van der Waals surface area (Å²) in [5, 5.41) is 14.7. The van der Waals surface area contributed by atoms with Gasteiger partial charge in [0.15, 0.2) is 0 Å². The minimum absolute atomic E-state index is 0.0914. The fourth-order valence-corrected chi connectivity index (χ4v) is 6.18. The Labute approximate surface area is 302 Å². The van der Waals surface area contributed by atoms with E-state index >= 15 is 0 Å². The van der Waals surface area contributed by atoms with Crippen LogP contribution in [0.2, 0.25) is 0 Å². The lowest BCUT2D eigenvalue weighted by molar-refractivity contribution is -0.130. The lowest BCUT2D eigenvalue weighted by Gasteiger charge is -2.26. The topological polar surface area (TPSA) is 166 Å². The number of nitrogens with one attached hydrogen (secondary N) is 5. The van der Waals surface area contributed by atoms with Gasteiger partial charge in [-0.15, -0.1) is 0 Å². The van der Waals surface area contributed by atoms with Gasteiger partial charge in [0.05, 0.1) is 23.5 Å². The van der Waals surface area contributed by atoms with Crippen molar-refractivity contribution in [3.05, 3.63) is 101 Å². The van der Waals surface area contributed by atoms with Crippen LogP contribution in [-0.2, 0) is 26.0 Å². The van der Waals surface area contributed by atoms with E-state index in [9.17, 15) is 27.6 Å². The Morgan fingerprint density at radius 3 is 1.86 bits per heavy atom. The predicted molar refractivity (Wildman–Crippen MR) is 201 cm³/mol. The second-order valence-electron chi connectivity index (χ2n) is 12.9. The smallest absolute Gasteiger partial charge is 0.251 e. The van der Waals surface area contributed by atoms with Crippen molar-refractivity contribution >= 4 is 39.3 Å². The largest absolute Gasteiger partial charge is 0.355 e. The molecule has 0 unspecified atom stereocenters. The molecule has 3 rings (SSSR count). The molecule has 276 valence electrons. The highest BCUT2D eigenvalue weighted by Gasteiger charge is 2.27. The lowest BCUT2D eigenvalue weighted by Crippen LogP contribution is -2.55. The summed E-state index contributed by atoms with van der Waals surface area (Å²) in [6, 6.07) is 21.0. The average molecular weight is 721 g/mol. The third kappa shape index (κ3) is 11.9. The van der Waals surface area contributed by atoms with Crippen molar-refractivity contribution in [3.63, 3.8) is 0 Å². The summed E-state index contributed by atoms with van der Waals surface area (Å²) in [6.07, 6.45) is 0.410. The molecule has 51 heavy (non-hydrogen) atoms. The van der Waals surface area contributed by atoms with Gasteiger partial charge in [-0.25, -0.2) is 8.42 Å². The van der Waals surface area contributed by atoms with Gasteiger partial charge >= 0.3 is 0 Å². The molecule has 5 N–H and O–H groups in total. The van der Waals surface area contributed by atoms with Crippen molar-refractivity contribution in [1.29, 1.82) is 0 Å². The Morgan fingerprint density at radius 1 is 0.745 bits per heavy atom. The number of hydrogen-bond donors (Lipinski definition) is 5. The first-order valence-electron chi connectivity index (χ1n) is 17.3. The Morgan fingerprint density at radius 2 is 1.31 bits per heavy atom. The highest BCUT2D eigenvalue weighted by atomic mass is 32.2. The van der Waals surface area contributed by atoms with Crippen LogP contribution < -0.4 is 30.9 Å². The third-order valence-corrected chi connectivity index (χ3v) is 10.3. The van der Waals surface area contributed by atoms with Crippen molar-refractivity contribution in [3.8, 4) is 0 Å². The molecular formula is C38H52N6O6S. The van der Waals surface area contributed by atoms with Gasteiger partial charge in [0.2, 0.25) is 21.8 Å². The molecule has 3 aromatic carbocycles. The van der Waals surface area contributed by atoms with E-state index in [2.05, 4.69) is 26.6 Å². The van der Waals surface area contributed by atoms with Crippen LogP contribution in [0.5, 0.6) is 0 Å². The maximum absolute atomic E-state index is 13.9. The van der Waals surface area contributed by atoms with Crippen LogP contribution >= 0.6 is 0 Å². The summed E-state index contributed by atoms with van der Waals surface area (Å²) < 4.78 is 26.8. The van der Waals surface area contributed by atoms with Gasteiger partial charge in [-0.3, -0.25) is 23.5 Å². The van der Waals surface area contributed by atoms with Gasteiger partial charge in [-0.1, -0.05) is 74.5 Å². The first-order chi connectivity index (χ1) is 24.2. The van der Waals surface area contributed by atoms with Gasteiger partial charge < -0.3 is 26.6 Å². The Bertz CT molecular complexity index is 1740. The average Bonchev–Trinajstić information content (AvgIpc) is 3.12. The van der Waals surface area contributed by atoms with Gasteiger partial charge in [0.25, 0.3) is 11.8 Å². The van der Waals surface area contributed by atoms with Crippen LogP contribution in [0.3, 0.4) is 0 Å². The molecule has 0 saturated carbocycles. The zero-order valence-electron chi connectivity index (χ0n) is 30.5. The number of rotatable bonds is 18. The number of benzene rings is 3. The molecular weight excluding hydrogens is 669 g/mol. The quantitative estimate of drug-likeness (QED) is 0.134. The number of likely N-dealkylation sites (N-methyl/N-ethyl adjacent to an activating group) is 1. The second-order valence-corrected chi connectivity index (χ2v) is 15.1. The van der Waals surface area contributed by atoms with Gasteiger partial charge in [0, 0.05) is 37.3 Å². The molecule has 0 aliphatic heterocycles. The normalized spacial score (nSPS) is 13.7. The molecule has 0 saturated heterocycles. The van der Waals surface area contributed by atoms with Crippen molar-refractivity contribution < 1.29 is 27.6 Å². The monoisotopic (exact) mass is 720 g/mol. The SMILES string of the molecule is CCNC(=O)[C@@H](NC(=O)[C@H](C)NC[C@H](Cc1ccccc1)NC(=O)c1cc(C(=O)N[C@H](C)c2ccccc2)cc(N(C)S(=O)(=O)CC)c1)C(C)C. The maximum atomic E-state index is 13.9. The standard InChI is InChI=1S/C38H52N6O6S/c1-8-39-38(48)34(25(3)4)43-35(45)27(6)40-24-32(20-28-16-12-10-13-17-28)42-37(47)31-21-30(22-33(23-31)44(7)51(49,50)9-2)36(46)41-26(5)29-18-14-11-15-19-29/h10-19,21-23,25-27,32,34,40H,8-9,20,24H2,1-7H3,(H,39,48)(H,41,46)(H,42,47)(H,43,45)/t26-,27+,32+,34+/m1/s1. The Balaban J connectivity index is 1.88. The van der Waals surface area contributed by atoms with E-state index in [0.717, 1.165) is 15.4 Å². The maximum Gasteiger partial charge on any atom is 0.251 e. The second kappa shape index (κ2) is 19.0. The molecule has 0 bridgehead atoms. The molecule has 0 aliphatic rings. The van der Waals surface area contributed by atoms with Crippen LogP contribution in [0.4, 0.5) is 5.69 Å². The van der Waals surface area contributed by atoms with E-state index in [1.54, 1.807) is 6.92 Å². The fraction of sp³-hybridized carbons (Fsp3) is 0.421. The van der Waals surface area contributed by atoms with E-state index in [-0.39, 0.29) is 52.9 Å². The summed E-state index contributed by atoms with van der Waals surface area (Å²) in [5.41, 5.74) is 2.20. The van der Waals surface area contributed by atoms with Crippen molar-refractivity contribution in [1.82, 2.24) is 26.6 Å². The number of anilines is 1. The van der Waals surface area contributed by atoms with Crippen molar-refractivity contribution in [2.24, 2.45) is 5.92 Å². The highest BCUT2D eigenvalue weighted by Crippen LogP contribution is 2.23. The van der Waals surface area contributed by atoms with Crippen LogP contribution in [-0.4, -0.2) is 76.1 Å². The van der Waals surface area contributed by atoms with Crippen molar-refractivity contribution in [2.45, 2.75) is 72.1 Å². The molecule has 0 aromatic heterocycles. The molecule has 0 spiro atoms. The number of hydrogen-bond acceptors (Lipinski definition) is 7. The summed E-state index contributed by atoms with van der Waals surface area (Å²) in [7, 11) is -2.33. The minimum Gasteiger partial charge on any atom is -0.355 e. The first-order valence-corrected chi connectivity index (χ1v) is 18.9. The van der Waals surface area contributed by atoms with Crippen LogP contribution in [0.1, 0.15) is 79.4 Å². The molecule has 3 aromatic rings. The fourth-order valence-electron chi connectivity index (χ4n) is 5.37. The molecule has 0 radical (unpaired) electrons. The van der Waals surface area contributed by atoms with Gasteiger partial charge in [-0.05, 0) is 69.4 Å². The molecule has 12 nitrogen and oxygen atoms in total. The van der Waals surface area contributed by atoms with E-state index in [1.165, 1.54) is 32.2 Å². The molecule has 13 heteroatoms. The molecule has 4 amide bonds. The molecule has 4 atom stereocenters. The molecule has 0 fully saturated rings. The van der Waals surface area contributed by atoms with E-state index in [4.69, 9.17) is 0 Å². The number of nitrogens with zero attached hydrogens (tertiary/aromatic N) is 1. The van der Waals surface area contributed by atoms with E-state index < -0.39 is 40.0 Å². The van der Waals surface area contributed by atoms with Gasteiger partial charge in [-0.2, -0.15) is 0 Å². The Hall–Kier alpha value is -4.75. The van der Waals surface area contributed by atoms with Crippen LogP contribution in [0.15, 0.2) is 78.9 Å². The third-order valence-electron chi connectivity index (χ3n) is 8.56. The summed E-state index contributed by atoms with van der Waals surface area (Å²) >= 11 is 0. The van der Waals surface area contributed by atoms with Crippen molar-refractivity contribution in [2.75, 3.05) is 30.2 Å². The summed E-state index contributed by atoms with van der Waals surface area (Å²) in [5.74, 6) is -1.93.